The van der Waals surface area contributed by atoms with E-state index in [2.05, 4.69) is 33.4 Å². The van der Waals surface area contributed by atoms with Gasteiger partial charge in [0.05, 0.1) is 32.7 Å². The van der Waals surface area contributed by atoms with Crippen LogP contribution in [-0.4, -0.2) is 48.2 Å². The predicted molar refractivity (Wildman–Crippen MR) is 59.7 cm³/mol. The van der Waals surface area contributed by atoms with E-state index >= 15 is 0 Å². The average Bonchev–Trinajstić information content (AvgIpc) is 2.11. The van der Waals surface area contributed by atoms with Gasteiger partial charge in [-0.1, -0.05) is 0 Å². The molecule has 0 fully saturated rings. The standard InChI is InChI=1S/C8H20N.C2H7N.2H2O/c1-5-9(6-2,7-3)8-4;1-2-3;;/h5-8H2,1-4H3;2-3H2,1H3;2*1H2/q+1;;;/p-1. The summed E-state index contributed by atoms with van der Waals surface area (Å²) in [6.45, 7) is 17.2. The Bertz CT molecular complexity index is 68.7. The number of hydrogen-bond acceptors (Lipinski definition) is 2. The van der Waals surface area contributed by atoms with Gasteiger partial charge < -0.3 is 21.2 Å². The molecule has 0 unspecified atom stereocenters. The lowest BCUT2D eigenvalue weighted by molar-refractivity contribution is -0.921. The summed E-state index contributed by atoms with van der Waals surface area (Å²) in [5.74, 6) is 0. The van der Waals surface area contributed by atoms with Crippen LogP contribution in [0.2, 0.25) is 0 Å². The fraction of sp³-hybridized carbons (Fsp3) is 1.00. The maximum Gasteiger partial charge on any atom is 0.0757 e. The number of nitrogens with zero attached hydrogens (tertiary/aromatic N) is 1. The van der Waals surface area contributed by atoms with Crippen LogP contribution >= 0.6 is 0 Å². The molecule has 0 aliphatic rings. The minimum Gasteiger partial charge on any atom is -0.870 e. The van der Waals surface area contributed by atoms with Crippen LogP contribution < -0.4 is 5.73 Å². The van der Waals surface area contributed by atoms with E-state index in [1.54, 1.807) is 0 Å². The van der Waals surface area contributed by atoms with E-state index < -0.39 is 0 Å². The van der Waals surface area contributed by atoms with E-state index in [0.29, 0.717) is 0 Å². The average molecular weight is 210 g/mol. The molecule has 0 saturated heterocycles. The van der Waals surface area contributed by atoms with Gasteiger partial charge in [-0.05, 0) is 34.6 Å². The largest absolute Gasteiger partial charge is 0.870 e. The van der Waals surface area contributed by atoms with E-state index in [0.717, 1.165) is 6.54 Å². The van der Waals surface area contributed by atoms with Crippen molar-refractivity contribution < 1.29 is 21.2 Å². The van der Waals surface area contributed by atoms with Gasteiger partial charge in [0.2, 0.25) is 0 Å². The van der Waals surface area contributed by atoms with Crippen LogP contribution in [0.15, 0.2) is 0 Å². The lowest BCUT2D eigenvalue weighted by Crippen LogP contribution is -2.48. The summed E-state index contributed by atoms with van der Waals surface area (Å²) in [5.41, 5.74) is 3.49. The zero-order valence-corrected chi connectivity index (χ0v) is 10.6. The Kier molecular flexibility index (Phi) is 25.8. The summed E-state index contributed by atoms with van der Waals surface area (Å²) < 4.78 is 1.28. The summed E-state index contributed by atoms with van der Waals surface area (Å²) >= 11 is 0. The summed E-state index contributed by atoms with van der Waals surface area (Å²) in [7, 11) is 0. The first-order chi connectivity index (χ1) is 5.66. The van der Waals surface area contributed by atoms with Crippen molar-refractivity contribution in [1.29, 1.82) is 0 Å². The van der Waals surface area contributed by atoms with Gasteiger partial charge in [-0.2, -0.15) is 0 Å². The van der Waals surface area contributed by atoms with E-state index in [4.69, 9.17) is 0 Å². The first-order valence-corrected chi connectivity index (χ1v) is 5.30. The molecule has 0 atom stereocenters. The van der Waals surface area contributed by atoms with Crippen molar-refractivity contribution in [3.05, 3.63) is 0 Å². The lowest BCUT2D eigenvalue weighted by Gasteiger charge is -2.34. The highest BCUT2D eigenvalue weighted by molar-refractivity contribution is 4.31. The summed E-state index contributed by atoms with van der Waals surface area (Å²) in [6, 6.07) is 0. The van der Waals surface area contributed by atoms with E-state index in [1.807, 2.05) is 6.92 Å². The third kappa shape index (κ3) is 9.92. The quantitative estimate of drug-likeness (QED) is 0.695. The second-order valence-corrected chi connectivity index (χ2v) is 3.11. The van der Waals surface area contributed by atoms with Crippen LogP contribution in [0.3, 0.4) is 0 Å². The highest BCUT2D eigenvalue weighted by atomic mass is 16.0. The van der Waals surface area contributed by atoms with Crippen molar-refractivity contribution in [1.82, 2.24) is 0 Å². The highest BCUT2D eigenvalue weighted by Gasteiger charge is 2.16. The van der Waals surface area contributed by atoms with E-state index in [1.165, 1.54) is 30.7 Å². The van der Waals surface area contributed by atoms with Crippen molar-refractivity contribution in [3.8, 4) is 0 Å². The molecule has 5 N–H and O–H groups in total. The molecule has 0 aliphatic heterocycles. The first-order valence-electron chi connectivity index (χ1n) is 5.30. The molecule has 0 aromatic carbocycles. The Morgan fingerprint density at radius 3 is 0.857 bits per heavy atom. The molecule has 0 heterocycles. The maximum atomic E-state index is 3.49. The molecule has 0 aliphatic carbocycles. The zero-order valence-electron chi connectivity index (χ0n) is 10.6. The van der Waals surface area contributed by atoms with Crippen LogP contribution in [0.4, 0.5) is 0 Å². The molecule has 0 rings (SSSR count). The van der Waals surface area contributed by atoms with Gasteiger partial charge in [0.25, 0.3) is 0 Å². The van der Waals surface area contributed by atoms with Gasteiger partial charge >= 0.3 is 0 Å². The van der Waals surface area contributed by atoms with Gasteiger partial charge in [0.1, 0.15) is 0 Å². The predicted octanol–water partition coefficient (Wildman–Crippen LogP) is 0.777. The van der Waals surface area contributed by atoms with E-state index in [-0.39, 0.29) is 11.0 Å². The van der Waals surface area contributed by atoms with Crippen LogP contribution in [0.1, 0.15) is 34.6 Å². The lowest BCUT2D eigenvalue weighted by atomic mass is 10.3. The van der Waals surface area contributed by atoms with Gasteiger partial charge in [-0.25, -0.2) is 0 Å². The third-order valence-corrected chi connectivity index (χ3v) is 2.68. The zero-order chi connectivity index (χ0) is 10.0. The number of rotatable bonds is 4. The molecule has 4 nitrogen and oxygen atoms in total. The van der Waals surface area contributed by atoms with Gasteiger partial charge in [-0.3, -0.25) is 0 Å². The molecule has 0 saturated carbocycles. The molecule has 0 amide bonds. The van der Waals surface area contributed by atoms with Gasteiger partial charge in [0, 0.05) is 0 Å². The van der Waals surface area contributed by atoms with Crippen LogP contribution in [0.5, 0.6) is 0 Å². The van der Waals surface area contributed by atoms with Crippen molar-refractivity contribution >= 4 is 0 Å². The Balaban J connectivity index is -0.0000000891. The molecular weight excluding hydrogens is 180 g/mol. The molecule has 0 bridgehead atoms. The topological polar surface area (TPSA) is 87.6 Å². The SMILES string of the molecule is CC[N+](CC)(CC)CC.CC[NH3+].[OH-].[OH-]. The normalized spacial score (nSPS) is 9.00. The molecule has 0 aromatic heterocycles. The minimum absolute atomic E-state index is 0. The van der Waals surface area contributed by atoms with E-state index in [9.17, 15) is 0 Å². The first kappa shape index (κ1) is 23.6. The molecular formula is C10H30N2O2. The van der Waals surface area contributed by atoms with Crippen molar-refractivity contribution in [3.63, 3.8) is 0 Å². The molecule has 0 spiro atoms. The Morgan fingerprint density at radius 2 is 0.857 bits per heavy atom. The van der Waals surface area contributed by atoms with Crippen LogP contribution in [0, 0.1) is 0 Å². The molecule has 14 heavy (non-hydrogen) atoms. The maximum absolute atomic E-state index is 3.49. The minimum atomic E-state index is 0. The molecule has 0 aromatic rings. The van der Waals surface area contributed by atoms with Crippen molar-refractivity contribution in [2.75, 3.05) is 32.7 Å². The van der Waals surface area contributed by atoms with Crippen LogP contribution in [0.25, 0.3) is 0 Å². The summed E-state index contributed by atoms with van der Waals surface area (Å²) in [5, 5.41) is 0. The smallest absolute Gasteiger partial charge is 0.0757 e. The summed E-state index contributed by atoms with van der Waals surface area (Å²) in [4.78, 5) is 0. The van der Waals surface area contributed by atoms with Crippen molar-refractivity contribution in [2.45, 2.75) is 34.6 Å². The molecule has 4 heteroatoms. The summed E-state index contributed by atoms with van der Waals surface area (Å²) in [6.07, 6.45) is 0. The monoisotopic (exact) mass is 210 g/mol. The Morgan fingerprint density at radius 1 is 0.714 bits per heavy atom. The molecule has 92 valence electrons. The highest BCUT2D eigenvalue weighted by Crippen LogP contribution is 2.03. The van der Waals surface area contributed by atoms with Crippen molar-refractivity contribution in [2.24, 2.45) is 0 Å². The second-order valence-electron chi connectivity index (χ2n) is 3.11. The van der Waals surface area contributed by atoms with Gasteiger partial charge in [0.15, 0.2) is 0 Å². The van der Waals surface area contributed by atoms with Gasteiger partial charge in [-0.15, -0.1) is 0 Å². The third-order valence-electron chi connectivity index (χ3n) is 2.68. The fourth-order valence-corrected chi connectivity index (χ4v) is 1.34. The Hall–Kier alpha value is -0.160. The second kappa shape index (κ2) is 15.3. The molecule has 0 radical (unpaired) electrons. The van der Waals surface area contributed by atoms with Crippen LogP contribution in [-0.2, 0) is 0 Å². The number of hydrogen-bond donors (Lipinski definition) is 1. The fourth-order valence-electron chi connectivity index (χ4n) is 1.34. The number of quaternary nitrogens is 2. The Labute approximate surface area is 89.3 Å².